The molecular weight excluding hydrogens is 349 g/mol. The molecule has 0 bridgehead atoms. The topological polar surface area (TPSA) is 66.5 Å². The number of ether oxygens (including phenoxy) is 1. The molecule has 0 unspecified atom stereocenters. The summed E-state index contributed by atoms with van der Waals surface area (Å²) in [6, 6.07) is 7.82. The van der Waals surface area contributed by atoms with Crippen molar-refractivity contribution in [3.63, 3.8) is 0 Å². The first-order valence-corrected chi connectivity index (χ1v) is 7.96. The van der Waals surface area contributed by atoms with Gasteiger partial charge in [0.2, 0.25) is 0 Å². The van der Waals surface area contributed by atoms with E-state index in [9.17, 15) is 18.0 Å². The van der Waals surface area contributed by atoms with Crippen LogP contribution in [0.1, 0.15) is 5.56 Å². The number of benzene rings is 1. The number of pyridine rings is 1. The van der Waals surface area contributed by atoms with Crippen molar-refractivity contribution in [2.45, 2.75) is 6.18 Å². The zero-order valence-corrected chi connectivity index (χ0v) is 13.7. The van der Waals surface area contributed by atoms with Crippen LogP contribution in [0.25, 0.3) is 0 Å². The summed E-state index contributed by atoms with van der Waals surface area (Å²) in [6.45, 7) is 2.06. The predicted molar refractivity (Wildman–Crippen MR) is 90.4 cm³/mol. The molecule has 1 aromatic heterocycles. The number of morpholine rings is 1. The number of alkyl halides is 3. The van der Waals surface area contributed by atoms with Gasteiger partial charge in [0.1, 0.15) is 5.82 Å². The Balaban J connectivity index is 1.62. The average Bonchev–Trinajstić information content (AvgIpc) is 2.63. The normalized spacial score (nSPS) is 14.8. The highest BCUT2D eigenvalue weighted by Crippen LogP contribution is 2.31. The van der Waals surface area contributed by atoms with Crippen molar-refractivity contribution in [1.82, 2.24) is 9.88 Å². The predicted octanol–water partition coefficient (Wildman–Crippen LogP) is 3.71. The van der Waals surface area contributed by atoms with Crippen LogP contribution in [-0.4, -0.2) is 42.2 Å². The number of nitrogens with zero attached hydrogens (tertiary/aromatic N) is 2. The summed E-state index contributed by atoms with van der Waals surface area (Å²) in [5.41, 5.74) is 0.0328. The minimum absolute atomic E-state index is 0.242. The highest BCUT2D eigenvalue weighted by atomic mass is 19.4. The number of amides is 2. The van der Waals surface area contributed by atoms with Gasteiger partial charge in [-0.3, -0.25) is 0 Å². The molecule has 2 aromatic rings. The fraction of sp³-hybridized carbons (Fsp3) is 0.294. The first-order chi connectivity index (χ1) is 12.4. The first-order valence-electron chi connectivity index (χ1n) is 7.96. The van der Waals surface area contributed by atoms with Gasteiger partial charge in [0.15, 0.2) is 0 Å². The molecule has 9 heteroatoms. The Kier molecular flexibility index (Phi) is 5.27. The van der Waals surface area contributed by atoms with Gasteiger partial charge in [-0.2, -0.15) is 13.2 Å². The molecule has 1 saturated heterocycles. The highest BCUT2D eigenvalue weighted by molar-refractivity contribution is 5.89. The molecule has 0 aliphatic carbocycles. The number of aromatic nitrogens is 1. The number of anilines is 3. The molecule has 0 atom stereocenters. The fourth-order valence-corrected chi connectivity index (χ4v) is 2.43. The quantitative estimate of drug-likeness (QED) is 0.869. The maximum absolute atomic E-state index is 12.7. The third-order valence-corrected chi connectivity index (χ3v) is 3.78. The van der Waals surface area contributed by atoms with E-state index in [0.29, 0.717) is 37.8 Å². The standard InChI is InChI=1S/C17H17F3N4O2/c18-17(19,20)12-2-1-3-13(10-12)22-15-5-4-14(11-21-15)23-16(25)24-6-8-26-9-7-24/h1-5,10-11H,6-9H2,(H,21,22)(H,23,25). The molecule has 1 aliphatic rings. The van der Waals surface area contributed by atoms with Crippen molar-refractivity contribution in [2.75, 3.05) is 36.9 Å². The van der Waals surface area contributed by atoms with Gasteiger partial charge in [-0.1, -0.05) is 6.07 Å². The van der Waals surface area contributed by atoms with Crippen molar-refractivity contribution in [3.8, 4) is 0 Å². The first kappa shape index (κ1) is 18.0. The number of rotatable bonds is 3. The van der Waals surface area contributed by atoms with E-state index in [1.807, 2.05) is 0 Å². The molecule has 2 heterocycles. The Hall–Kier alpha value is -2.81. The van der Waals surface area contributed by atoms with E-state index in [-0.39, 0.29) is 11.7 Å². The summed E-state index contributed by atoms with van der Waals surface area (Å²) in [6.07, 6.45) is -2.97. The van der Waals surface area contributed by atoms with Crippen molar-refractivity contribution in [2.24, 2.45) is 0 Å². The maximum Gasteiger partial charge on any atom is 0.416 e. The van der Waals surface area contributed by atoms with Crippen LogP contribution in [0.2, 0.25) is 0 Å². The van der Waals surface area contributed by atoms with Gasteiger partial charge in [0, 0.05) is 18.8 Å². The molecule has 0 spiro atoms. The molecule has 1 aromatic carbocycles. The van der Waals surface area contributed by atoms with Gasteiger partial charge in [0.05, 0.1) is 30.7 Å². The molecule has 6 nitrogen and oxygen atoms in total. The SMILES string of the molecule is O=C(Nc1ccc(Nc2cccc(C(F)(F)F)c2)nc1)N1CCOCC1. The van der Waals surface area contributed by atoms with E-state index in [2.05, 4.69) is 15.6 Å². The number of halogens is 3. The summed E-state index contributed by atoms with van der Waals surface area (Å²) < 4.78 is 43.4. The maximum atomic E-state index is 12.7. The lowest BCUT2D eigenvalue weighted by Gasteiger charge is -2.26. The second-order valence-electron chi connectivity index (χ2n) is 5.67. The Morgan fingerprint density at radius 3 is 2.54 bits per heavy atom. The molecule has 26 heavy (non-hydrogen) atoms. The largest absolute Gasteiger partial charge is 0.416 e. The van der Waals surface area contributed by atoms with Crippen LogP contribution in [0.5, 0.6) is 0 Å². The number of nitrogens with one attached hydrogen (secondary N) is 2. The van der Waals surface area contributed by atoms with Crippen LogP contribution in [0, 0.1) is 0 Å². The third kappa shape index (κ3) is 4.63. The monoisotopic (exact) mass is 366 g/mol. The molecule has 1 aliphatic heterocycles. The van der Waals surface area contributed by atoms with Crippen LogP contribution in [-0.2, 0) is 10.9 Å². The molecular formula is C17H17F3N4O2. The fourth-order valence-electron chi connectivity index (χ4n) is 2.43. The van der Waals surface area contributed by atoms with Crippen LogP contribution in [0.15, 0.2) is 42.6 Å². The van der Waals surface area contributed by atoms with E-state index in [0.717, 1.165) is 12.1 Å². The van der Waals surface area contributed by atoms with Gasteiger partial charge in [-0.05, 0) is 30.3 Å². The Morgan fingerprint density at radius 1 is 1.12 bits per heavy atom. The highest BCUT2D eigenvalue weighted by Gasteiger charge is 2.30. The molecule has 1 fully saturated rings. The average molecular weight is 366 g/mol. The van der Waals surface area contributed by atoms with E-state index < -0.39 is 11.7 Å². The zero-order valence-electron chi connectivity index (χ0n) is 13.7. The summed E-state index contributed by atoms with van der Waals surface area (Å²) in [5.74, 6) is 0.369. The van der Waals surface area contributed by atoms with E-state index in [4.69, 9.17) is 4.74 Å². The summed E-state index contributed by atoms with van der Waals surface area (Å²) in [7, 11) is 0. The van der Waals surface area contributed by atoms with Gasteiger partial charge in [-0.25, -0.2) is 9.78 Å². The van der Waals surface area contributed by atoms with Gasteiger partial charge in [0.25, 0.3) is 0 Å². The number of carbonyl (C=O) groups is 1. The van der Waals surface area contributed by atoms with Crippen molar-refractivity contribution in [1.29, 1.82) is 0 Å². The van der Waals surface area contributed by atoms with Gasteiger partial charge >= 0.3 is 12.2 Å². The van der Waals surface area contributed by atoms with Crippen LogP contribution in [0.4, 0.5) is 35.2 Å². The van der Waals surface area contributed by atoms with E-state index in [1.165, 1.54) is 18.3 Å². The number of hydrogen-bond acceptors (Lipinski definition) is 4. The summed E-state index contributed by atoms with van der Waals surface area (Å²) >= 11 is 0. The minimum atomic E-state index is -4.40. The number of hydrogen-bond donors (Lipinski definition) is 2. The minimum Gasteiger partial charge on any atom is -0.378 e. The van der Waals surface area contributed by atoms with Gasteiger partial charge < -0.3 is 20.3 Å². The second kappa shape index (κ2) is 7.61. The lowest BCUT2D eigenvalue weighted by Crippen LogP contribution is -2.43. The molecule has 2 amide bonds. The molecule has 0 saturated carbocycles. The van der Waals surface area contributed by atoms with E-state index in [1.54, 1.807) is 17.0 Å². The lowest BCUT2D eigenvalue weighted by atomic mass is 10.2. The molecule has 3 rings (SSSR count). The van der Waals surface area contributed by atoms with Crippen molar-refractivity contribution in [3.05, 3.63) is 48.2 Å². The van der Waals surface area contributed by atoms with Crippen molar-refractivity contribution < 1.29 is 22.7 Å². The Labute approximate surface area is 148 Å². The molecule has 2 N–H and O–H groups in total. The van der Waals surface area contributed by atoms with Crippen LogP contribution in [0.3, 0.4) is 0 Å². The van der Waals surface area contributed by atoms with E-state index >= 15 is 0 Å². The Morgan fingerprint density at radius 2 is 1.88 bits per heavy atom. The van der Waals surface area contributed by atoms with Gasteiger partial charge in [-0.15, -0.1) is 0 Å². The number of carbonyl (C=O) groups excluding carboxylic acids is 1. The van der Waals surface area contributed by atoms with Crippen LogP contribution >= 0.6 is 0 Å². The second-order valence-corrected chi connectivity index (χ2v) is 5.67. The zero-order chi connectivity index (χ0) is 18.6. The lowest BCUT2D eigenvalue weighted by molar-refractivity contribution is -0.137. The Bertz CT molecular complexity index is 759. The van der Waals surface area contributed by atoms with Crippen molar-refractivity contribution >= 4 is 23.2 Å². The summed E-state index contributed by atoms with van der Waals surface area (Å²) in [5, 5.41) is 5.53. The number of urea groups is 1. The smallest absolute Gasteiger partial charge is 0.378 e. The molecule has 138 valence electrons. The summed E-state index contributed by atoms with van der Waals surface area (Å²) in [4.78, 5) is 17.8. The third-order valence-electron chi connectivity index (χ3n) is 3.78. The molecule has 0 radical (unpaired) electrons. The van der Waals surface area contributed by atoms with Crippen LogP contribution < -0.4 is 10.6 Å².